The second-order valence-electron chi connectivity index (χ2n) is 8.55. The summed E-state index contributed by atoms with van der Waals surface area (Å²) in [6.07, 6.45) is 0.700. The predicted molar refractivity (Wildman–Crippen MR) is 122 cm³/mol. The predicted octanol–water partition coefficient (Wildman–Crippen LogP) is 3.45. The number of halogens is 2. The van der Waals surface area contributed by atoms with Gasteiger partial charge in [0.2, 0.25) is 11.8 Å². The third-order valence-electron chi connectivity index (χ3n) is 6.74. The molecule has 0 radical (unpaired) electrons. The summed E-state index contributed by atoms with van der Waals surface area (Å²) in [6.45, 7) is -0.441. The average molecular weight is 487 g/mol. The number of nitrogens with zero attached hydrogens (tertiary/aromatic N) is 1. The number of rotatable bonds is 5. The fourth-order valence-electron chi connectivity index (χ4n) is 5.28. The number of carbonyl (C=O) groups is 4. The minimum Gasteiger partial charge on any atom is -0.452 e. The number of imide groups is 1. The van der Waals surface area contributed by atoms with Crippen LogP contribution in [0.1, 0.15) is 16.8 Å². The monoisotopic (exact) mass is 486 g/mol. The Kier molecular flexibility index (Phi) is 5.62. The van der Waals surface area contributed by atoms with Crippen LogP contribution in [0.4, 0.5) is 11.4 Å². The topological polar surface area (TPSA) is 92.8 Å². The van der Waals surface area contributed by atoms with Gasteiger partial charge in [-0.15, -0.1) is 23.2 Å². The molecular weight excluding hydrogens is 467 g/mol. The molecule has 1 heterocycles. The second kappa shape index (κ2) is 8.47. The first kappa shape index (κ1) is 21.9. The SMILES string of the molecule is O=C(COC(=O)c1ccc(N2C(=O)[C@@H]3[C@H]4C[C@@H]([C@H](Cl)[C@@H]4Cl)[C@@H]3C2=O)cc1)Nc1ccccc1. The van der Waals surface area contributed by atoms with Gasteiger partial charge in [-0.3, -0.25) is 19.3 Å². The van der Waals surface area contributed by atoms with Crippen molar-refractivity contribution >= 4 is 58.3 Å². The minimum absolute atomic E-state index is 0.0955. The van der Waals surface area contributed by atoms with Gasteiger partial charge in [0.05, 0.1) is 33.8 Å². The summed E-state index contributed by atoms with van der Waals surface area (Å²) in [4.78, 5) is 51.6. The van der Waals surface area contributed by atoms with Gasteiger partial charge in [-0.2, -0.15) is 0 Å². The van der Waals surface area contributed by atoms with Crippen molar-refractivity contribution in [2.75, 3.05) is 16.8 Å². The molecule has 0 unspecified atom stereocenters. The third-order valence-corrected chi connectivity index (χ3v) is 8.06. The molecule has 3 fully saturated rings. The number of benzene rings is 2. The lowest BCUT2D eigenvalue weighted by Gasteiger charge is -2.28. The van der Waals surface area contributed by atoms with E-state index in [9.17, 15) is 19.2 Å². The summed E-state index contributed by atoms with van der Waals surface area (Å²) < 4.78 is 5.06. The van der Waals surface area contributed by atoms with E-state index < -0.39 is 30.3 Å². The van der Waals surface area contributed by atoms with Gasteiger partial charge < -0.3 is 10.1 Å². The molecule has 3 amide bonds. The zero-order chi connectivity index (χ0) is 23.3. The van der Waals surface area contributed by atoms with Crippen molar-refractivity contribution in [1.29, 1.82) is 0 Å². The average Bonchev–Trinajstić information content (AvgIpc) is 3.43. The van der Waals surface area contributed by atoms with Crippen LogP contribution in [-0.4, -0.2) is 41.1 Å². The van der Waals surface area contributed by atoms with E-state index in [0.717, 1.165) is 0 Å². The first-order valence-electron chi connectivity index (χ1n) is 10.6. The molecule has 2 saturated carbocycles. The maximum absolute atomic E-state index is 13.1. The molecule has 2 aromatic rings. The Balaban J connectivity index is 1.23. The number of hydrogen-bond acceptors (Lipinski definition) is 5. The molecule has 33 heavy (non-hydrogen) atoms. The van der Waals surface area contributed by atoms with E-state index in [1.807, 2.05) is 6.07 Å². The molecule has 0 spiro atoms. The van der Waals surface area contributed by atoms with Crippen LogP contribution >= 0.6 is 23.2 Å². The summed E-state index contributed by atoms with van der Waals surface area (Å²) in [5.41, 5.74) is 1.18. The lowest BCUT2D eigenvalue weighted by molar-refractivity contribution is -0.123. The van der Waals surface area contributed by atoms with Crippen LogP contribution < -0.4 is 10.2 Å². The first-order chi connectivity index (χ1) is 15.9. The molecule has 2 bridgehead atoms. The van der Waals surface area contributed by atoms with Gasteiger partial charge in [0, 0.05) is 5.69 Å². The smallest absolute Gasteiger partial charge is 0.338 e. The zero-order valence-electron chi connectivity index (χ0n) is 17.3. The molecular formula is C24H20Cl2N2O5. The van der Waals surface area contributed by atoms with Crippen molar-refractivity contribution in [3.63, 3.8) is 0 Å². The fraction of sp³-hybridized carbons (Fsp3) is 0.333. The lowest BCUT2D eigenvalue weighted by Crippen LogP contribution is -2.37. The van der Waals surface area contributed by atoms with Crippen LogP contribution in [0.5, 0.6) is 0 Å². The molecule has 5 rings (SSSR count). The Bertz CT molecular complexity index is 1090. The van der Waals surface area contributed by atoms with Gasteiger partial charge >= 0.3 is 5.97 Å². The lowest BCUT2D eigenvalue weighted by atomic mass is 9.80. The highest BCUT2D eigenvalue weighted by Gasteiger charge is 2.66. The number of para-hydroxylation sites is 1. The number of anilines is 2. The van der Waals surface area contributed by atoms with Crippen molar-refractivity contribution in [2.24, 2.45) is 23.7 Å². The Morgan fingerprint density at radius 2 is 1.48 bits per heavy atom. The number of esters is 1. The molecule has 6 atom stereocenters. The normalized spacial score (nSPS) is 29.8. The summed E-state index contributed by atoms with van der Waals surface area (Å²) >= 11 is 12.8. The van der Waals surface area contributed by atoms with Crippen LogP contribution in [0.15, 0.2) is 54.6 Å². The molecule has 7 nitrogen and oxygen atoms in total. The van der Waals surface area contributed by atoms with E-state index in [4.69, 9.17) is 27.9 Å². The largest absolute Gasteiger partial charge is 0.452 e. The van der Waals surface area contributed by atoms with E-state index in [1.54, 1.807) is 24.3 Å². The third kappa shape index (κ3) is 3.69. The maximum atomic E-state index is 13.1. The standard InChI is InChI=1S/C24H20Cl2N2O5/c25-20-15-10-16(21(20)26)19-18(15)22(30)28(23(19)31)14-8-6-12(7-9-14)24(32)33-11-17(29)27-13-4-2-1-3-5-13/h1-9,15-16,18-21H,10-11H2,(H,27,29)/t15-,16-,18-,19+,20-,21+/m1/s1. The summed E-state index contributed by atoms with van der Waals surface area (Å²) in [6, 6.07) is 14.8. The minimum atomic E-state index is -0.686. The Hall–Kier alpha value is -2.90. The number of nitrogens with one attached hydrogen (secondary N) is 1. The molecule has 9 heteroatoms. The van der Waals surface area contributed by atoms with Crippen LogP contribution in [0.2, 0.25) is 0 Å². The number of carbonyl (C=O) groups excluding carboxylic acids is 4. The maximum Gasteiger partial charge on any atom is 0.338 e. The van der Waals surface area contributed by atoms with Crippen molar-refractivity contribution in [3.05, 3.63) is 60.2 Å². The Morgan fingerprint density at radius 1 is 0.909 bits per heavy atom. The zero-order valence-corrected chi connectivity index (χ0v) is 18.8. The van der Waals surface area contributed by atoms with Gasteiger partial charge in [0.15, 0.2) is 6.61 Å². The van der Waals surface area contributed by atoms with Crippen LogP contribution in [0, 0.1) is 23.7 Å². The molecule has 0 aromatic heterocycles. The highest BCUT2D eigenvalue weighted by molar-refractivity contribution is 6.32. The van der Waals surface area contributed by atoms with Crippen LogP contribution in [0.3, 0.4) is 0 Å². The number of hydrogen-bond donors (Lipinski definition) is 1. The second-order valence-corrected chi connectivity index (χ2v) is 9.56. The van der Waals surface area contributed by atoms with Gasteiger partial charge in [-0.05, 0) is 54.7 Å². The molecule has 170 valence electrons. The van der Waals surface area contributed by atoms with Crippen molar-refractivity contribution < 1.29 is 23.9 Å². The fourth-order valence-corrected chi connectivity index (χ4v) is 6.18. The number of fused-ring (bicyclic) bond motifs is 5. The number of amides is 3. The molecule has 1 aliphatic heterocycles. The van der Waals surface area contributed by atoms with E-state index >= 15 is 0 Å². The van der Waals surface area contributed by atoms with Gasteiger partial charge in [0.25, 0.3) is 5.91 Å². The van der Waals surface area contributed by atoms with E-state index in [1.165, 1.54) is 29.2 Å². The quantitative estimate of drug-likeness (QED) is 0.396. The first-order valence-corrected chi connectivity index (χ1v) is 11.5. The van der Waals surface area contributed by atoms with E-state index in [0.29, 0.717) is 17.8 Å². The van der Waals surface area contributed by atoms with Crippen LogP contribution in [0.25, 0.3) is 0 Å². The molecule has 1 N–H and O–H groups in total. The summed E-state index contributed by atoms with van der Waals surface area (Å²) in [7, 11) is 0. The molecule has 2 aromatic carbocycles. The van der Waals surface area contributed by atoms with Gasteiger partial charge in [0.1, 0.15) is 0 Å². The molecule has 2 aliphatic carbocycles. The van der Waals surface area contributed by atoms with Gasteiger partial charge in [-0.25, -0.2) is 4.79 Å². The Morgan fingerprint density at radius 3 is 2.06 bits per heavy atom. The molecule has 3 aliphatic rings. The highest BCUT2D eigenvalue weighted by atomic mass is 35.5. The van der Waals surface area contributed by atoms with E-state index in [-0.39, 0.29) is 40.0 Å². The summed E-state index contributed by atoms with van der Waals surface area (Å²) in [5, 5.41) is 2.00. The van der Waals surface area contributed by atoms with Gasteiger partial charge in [-0.1, -0.05) is 18.2 Å². The summed E-state index contributed by atoms with van der Waals surface area (Å²) in [5.74, 6) is -2.74. The Labute approximate surface area is 200 Å². The van der Waals surface area contributed by atoms with Crippen molar-refractivity contribution in [2.45, 2.75) is 17.2 Å². The van der Waals surface area contributed by atoms with E-state index in [2.05, 4.69) is 5.32 Å². The number of alkyl halides is 2. The molecule has 1 saturated heterocycles. The van der Waals surface area contributed by atoms with Crippen molar-refractivity contribution in [3.8, 4) is 0 Å². The van der Waals surface area contributed by atoms with Crippen LogP contribution in [-0.2, 0) is 19.1 Å². The number of ether oxygens (including phenoxy) is 1. The van der Waals surface area contributed by atoms with Crippen molar-refractivity contribution in [1.82, 2.24) is 0 Å². The highest BCUT2D eigenvalue weighted by Crippen LogP contribution is 2.59.